The predicted molar refractivity (Wildman–Crippen MR) is 70.1 cm³/mol. The zero-order valence-electron chi connectivity index (χ0n) is 9.81. The molecule has 0 saturated carbocycles. The van der Waals surface area contributed by atoms with Crippen LogP contribution in [0.4, 0.5) is 5.69 Å². The molecule has 0 spiro atoms. The number of hydrogen-bond donors (Lipinski definition) is 0. The number of anilines is 1. The molecule has 86 valence electrons. The first-order valence-electron chi connectivity index (χ1n) is 5.18. The lowest BCUT2D eigenvalue weighted by Gasteiger charge is -2.24. The molecule has 0 unspecified atom stereocenters. The fourth-order valence-electron chi connectivity index (χ4n) is 1.43. The summed E-state index contributed by atoms with van der Waals surface area (Å²) in [5, 5.41) is 0. The summed E-state index contributed by atoms with van der Waals surface area (Å²) in [7, 11) is 4.22. The van der Waals surface area contributed by atoms with Gasteiger partial charge in [0.05, 0.1) is 0 Å². The van der Waals surface area contributed by atoms with Gasteiger partial charge in [0.2, 0.25) is 0 Å². The van der Waals surface area contributed by atoms with Crippen LogP contribution in [-0.2, 0) is 0 Å². The minimum absolute atomic E-state index is 0. The largest absolute Gasteiger partial charge is 0.371 e. The van der Waals surface area contributed by atoms with E-state index < -0.39 is 0 Å². The monoisotopic (exact) mass is 228 g/mol. The normalized spacial score (nSPS) is 9.87. The third-order valence-electron chi connectivity index (χ3n) is 2.32. The molecule has 1 rings (SSSR count). The van der Waals surface area contributed by atoms with Gasteiger partial charge in [-0.2, -0.15) is 0 Å². The van der Waals surface area contributed by atoms with Gasteiger partial charge in [0, 0.05) is 25.3 Å². The van der Waals surface area contributed by atoms with Gasteiger partial charge in [-0.25, -0.2) is 0 Å². The zero-order chi connectivity index (χ0) is 10.4. The van der Waals surface area contributed by atoms with Gasteiger partial charge in [-0.15, -0.1) is 12.4 Å². The smallest absolute Gasteiger partial charge is 0.0366 e. The van der Waals surface area contributed by atoms with Gasteiger partial charge in [0.1, 0.15) is 0 Å². The quantitative estimate of drug-likeness (QED) is 0.764. The van der Waals surface area contributed by atoms with E-state index in [2.05, 4.69) is 61.2 Å². The Morgan fingerprint density at radius 3 is 2.07 bits per heavy atom. The molecule has 3 heteroatoms. The molecule has 1 aromatic rings. The molecule has 15 heavy (non-hydrogen) atoms. The van der Waals surface area contributed by atoms with Gasteiger partial charge in [-0.1, -0.05) is 18.2 Å². The Kier molecular flexibility index (Phi) is 7.18. The highest BCUT2D eigenvalue weighted by atomic mass is 35.5. The first-order valence-corrected chi connectivity index (χ1v) is 5.18. The molecule has 1 aromatic carbocycles. The first-order chi connectivity index (χ1) is 6.74. The van der Waals surface area contributed by atoms with Crippen LogP contribution in [0.2, 0.25) is 0 Å². The van der Waals surface area contributed by atoms with E-state index in [0.29, 0.717) is 0 Å². The van der Waals surface area contributed by atoms with Crippen LogP contribution in [0.5, 0.6) is 0 Å². The molecule has 0 saturated heterocycles. The number of para-hydroxylation sites is 1. The van der Waals surface area contributed by atoms with Crippen molar-refractivity contribution in [3.8, 4) is 0 Å². The van der Waals surface area contributed by atoms with Gasteiger partial charge >= 0.3 is 0 Å². The maximum Gasteiger partial charge on any atom is 0.0366 e. The molecule has 0 aliphatic carbocycles. The minimum atomic E-state index is 0. The van der Waals surface area contributed by atoms with Gasteiger partial charge in [-0.05, 0) is 33.2 Å². The molecular weight excluding hydrogens is 208 g/mol. The maximum atomic E-state index is 2.39. The standard InChI is InChI=1S/C12H20N2.ClH/c1-4-14(11-10-13(2)3)12-8-6-5-7-9-12;/h5-9H,4,10-11H2,1-3H3;1H. The van der Waals surface area contributed by atoms with E-state index in [1.54, 1.807) is 0 Å². The number of rotatable bonds is 5. The number of likely N-dealkylation sites (N-methyl/N-ethyl adjacent to an activating group) is 2. The zero-order valence-corrected chi connectivity index (χ0v) is 10.6. The van der Waals surface area contributed by atoms with Crippen molar-refractivity contribution >= 4 is 18.1 Å². The van der Waals surface area contributed by atoms with Crippen molar-refractivity contribution in [1.29, 1.82) is 0 Å². The molecule has 0 heterocycles. The molecule has 0 aromatic heterocycles. The Balaban J connectivity index is 0.00000196. The summed E-state index contributed by atoms with van der Waals surface area (Å²) in [5.41, 5.74) is 1.32. The highest BCUT2D eigenvalue weighted by Gasteiger charge is 2.02. The van der Waals surface area contributed by atoms with Crippen molar-refractivity contribution in [3.05, 3.63) is 30.3 Å². The Morgan fingerprint density at radius 1 is 1.00 bits per heavy atom. The Hall–Kier alpha value is -0.730. The fraction of sp³-hybridized carbons (Fsp3) is 0.500. The van der Waals surface area contributed by atoms with E-state index >= 15 is 0 Å². The van der Waals surface area contributed by atoms with Crippen LogP contribution in [0.1, 0.15) is 6.92 Å². The van der Waals surface area contributed by atoms with E-state index in [0.717, 1.165) is 19.6 Å². The Morgan fingerprint density at radius 2 is 1.60 bits per heavy atom. The lowest BCUT2D eigenvalue weighted by molar-refractivity contribution is 0.414. The van der Waals surface area contributed by atoms with Crippen molar-refractivity contribution in [3.63, 3.8) is 0 Å². The van der Waals surface area contributed by atoms with Gasteiger partial charge < -0.3 is 9.80 Å². The summed E-state index contributed by atoms with van der Waals surface area (Å²) in [6, 6.07) is 10.6. The van der Waals surface area contributed by atoms with Crippen LogP contribution < -0.4 is 4.90 Å². The second kappa shape index (κ2) is 7.55. The minimum Gasteiger partial charge on any atom is -0.371 e. The number of benzene rings is 1. The number of hydrogen-bond acceptors (Lipinski definition) is 2. The SMILES string of the molecule is CCN(CCN(C)C)c1ccccc1.Cl. The lowest BCUT2D eigenvalue weighted by Crippen LogP contribution is -2.31. The average Bonchev–Trinajstić information content (AvgIpc) is 2.20. The summed E-state index contributed by atoms with van der Waals surface area (Å²) < 4.78 is 0. The van der Waals surface area contributed by atoms with Crippen LogP contribution in [0.25, 0.3) is 0 Å². The summed E-state index contributed by atoms with van der Waals surface area (Å²) in [5.74, 6) is 0. The topological polar surface area (TPSA) is 6.48 Å². The van der Waals surface area contributed by atoms with E-state index in [9.17, 15) is 0 Å². The fourth-order valence-corrected chi connectivity index (χ4v) is 1.43. The van der Waals surface area contributed by atoms with Crippen molar-refractivity contribution in [2.24, 2.45) is 0 Å². The number of halogens is 1. The van der Waals surface area contributed by atoms with E-state index in [-0.39, 0.29) is 12.4 Å². The molecule has 0 N–H and O–H groups in total. The van der Waals surface area contributed by atoms with Crippen molar-refractivity contribution in [2.75, 3.05) is 38.6 Å². The molecule has 0 aliphatic rings. The van der Waals surface area contributed by atoms with Gasteiger partial charge in [-0.3, -0.25) is 0 Å². The molecule has 2 nitrogen and oxygen atoms in total. The van der Waals surface area contributed by atoms with Crippen LogP contribution >= 0.6 is 12.4 Å². The van der Waals surface area contributed by atoms with E-state index in [1.807, 2.05) is 0 Å². The summed E-state index contributed by atoms with van der Waals surface area (Å²) in [4.78, 5) is 4.60. The van der Waals surface area contributed by atoms with Crippen LogP contribution in [0.15, 0.2) is 30.3 Å². The molecule has 0 amide bonds. The Bertz CT molecular complexity index is 249. The molecule has 0 atom stereocenters. The lowest BCUT2D eigenvalue weighted by atomic mass is 10.3. The molecular formula is C12H21ClN2. The molecule has 0 bridgehead atoms. The highest BCUT2D eigenvalue weighted by molar-refractivity contribution is 5.85. The molecule has 0 aliphatic heterocycles. The van der Waals surface area contributed by atoms with E-state index in [4.69, 9.17) is 0 Å². The molecule has 0 fully saturated rings. The van der Waals surface area contributed by atoms with Crippen LogP contribution in [0.3, 0.4) is 0 Å². The summed E-state index contributed by atoms with van der Waals surface area (Å²) in [6.07, 6.45) is 0. The highest BCUT2D eigenvalue weighted by Crippen LogP contribution is 2.11. The molecule has 0 radical (unpaired) electrons. The van der Waals surface area contributed by atoms with Gasteiger partial charge in [0.25, 0.3) is 0 Å². The van der Waals surface area contributed by atoms with E-state index in [1.165, 1.54) is 5.69 Å². The average molecular weight is 229 g/mol. The predicted octanol–water partition coefficient (Wildman–Crippen LogP) is 2.50. The Labute approximate surface area is 99.3 Å². The summed E-state index contributed by atoms with van der Waals surface area (Å²) in [6.45, 7) is 5.46. The van der Waals surface area contributed by atoms with Crippen LogP contribution in [0, 0.1) is 0 Å². The second-order valence-corrected chi connectivity index (χ2v) is 3.72. The second-order valence-electron chi connectivity index (χ2n) is 3.72. The summed E-state index contributed by atoms with van der Waals surface area (Å²) >= 11 is 0. The van der Waals surface area contributed by atoms with Crippen molar-refractivity contribution < 1.29 is 0 Å². The maximum absolute atomic E-state index is 2.39. The van der Waals surface area contributed by atoms with Crippen LogP contribution in [-0.4, -0.2) is 38.6 Å². The number of nitrogens with zero attached hydrogens (tertiary/aromatic N) is 2. The van der Waals surface area contributed by atoms with Gasteiger partial charge in [0.15, 0.2) is 0 Å². The third-order valence-corrected chi connectivity index (χ3v) is 2.32. The third kappa shape index (κ3) is 5.05. The van der Waals surface area contributed by atoms with Crippen molar-refractivity contribution in [2.45, 2.75) is 6.92 Å². The first kappa shape index (κ1) is 14.3. The van der Waals surface area contributed by atoms with Crippen molar-refractivity contribution in [1.82, 2.24) is 4.90 Å².